The van der Waals surface area contributed by atoms with E-state index in [1.54, 1.807) is 19.4 Å². The number of benzene rings is 3. The molecule has 27 heavy (non-hydrogen) atoms. The number of aromatic nitrogens is 3. The zero-order chi connectivity index (χ0) is 18.8. The van der Waals surface area contributed by atoms with Gasteiger partial charge in [0.1, 0.15) is 11.5 Å². The fourth-order valence-electron chi connectivity index (χ4n) is 2.86. The Morgan fingerprint density at radius 1 is 1.11 bits per heavy atom. The van der Waals surface area contributed by atoms with Crippen molar-refractivity contribution in [2.24, 2.45) is 5.10 Å². The van der Waals surface area contributed by atoms with Gasteiger partial charge in [0, 0.05) is 11.1 Å². The van der Waals surface area contributed by atoms with Crippen molar-refractivity contribution in [2.45, 2.75) is 0 Å². The minimum atomic E-state index is 0.151. The number of hydrogen-bond acceptors (Lipinski definition) is 5. The number of aromatic amines is 1. The summed E-state index contributed by atoms with van der Waals surface area (Å²) in [5, 5.41) is 23.7. The lowest BCUT2D eigenvalue weighted by atomic mass is 10.0. The van der Waals surface area contributed by atoms with Gasteiger partial charge in [-0.05, 0) is 53.3 Å². The number of fused-ring (bicyclic) bond motifs is 1. The summed E-state index contributed by atoms with van der Waals surface area (Å²) < 4.78 is 7.07. The number of hydrogen-bond donors (Lipinski definition) is 2. The second-order valence-corrected chi connectivity index (χ2v) is 6.24. The van der Waals surface area contributed by atoms with Crippen molar-refractivity contribution in [2.75, 3.05) is 7.11 Å². The van der Waals surface area contributed by atoms with Crippen molar-refractivity contribution in [3.05, 3.63) is 71.0 Å². The zero-order valence-corrected chi connectivity index (χ0v) is 15.3. The fraction of sp³-hybridized carbons (Fsp3) is 0.0500. The molecule has 4 aromatic rings. The summed E-state index contributed by atoms with van der Waals surface area (Å²) in [5.74, 6) is 1.47. The van der Waals surface area contributed by atoms with E-state index in [4.69, 9.17) is 17.0 Å². The molecule has 0 radical (unpaired) electrons. The van der Waals surface area contributed by atoms with Crippen LogP contribution in [0.5, 0.6) is 11.5 Å². The molecule has 3 aromatic carbocycles. The molecule has 0 aliphatic carbocycles. The summed E-state index contributed by atoms with van der Waals surface area (Å²) in [4.78, 5) is 0. The number of phenolic OH excluding ortho intramolecular Hbond substituents is 1. The van der Waals surface area contributed by atoms with E-state index in [2.05, 4.69) is 15.3 Å². The van der Waals surface area contributed by atoms with Crippen LogP contribution in [0.3, 0.4) is 0 Å². The minimum Gasteiger partial charge on any atom is -0.507 e. The Bertz CT molecular complexity index is 1190. The minimum absolute atomic E-state index is 0.151. The van der Waals surface area contributed by atoms with E-state index in [1.807, 2.05) is 54.6 Å². The van der Waals surface area contributed by atoms with Gasteiger partial charge in [-0.15, -0.1) is 0 Å². The normalized spacial score (nSPS) is 11.3. The third-order valence-electron chi connectivity index (χ3n) is 4.25. The summed E-state index contributed by atoms with van der Waals surface area (Å²) in [6, 6.07) is 18.8. The highest BCUT2D eigenvalue weighted by Crippen LogP contribution is 2.26. The molecule has 6 nitrogen and oxygen atoms in total. The molecular formula is C20H16N4O2S. The number of aromatic hydroxyl groups is 1. The SMILES string of the molecule is COc1ccc(-c2n[nH]c(=S)n2/N=C/c2c(O)ccc3ccccc23)cc1. The molecule has 0 atom stereocenters. The van der Waals surface area contributed by atoms with E-state index in [0.29, 0.717) is 16.2 Å². The number of rotatable bonds is 4. The van der Waals surface area contributed by atoms with Gasteiger partial charge in [-0.25, -0.2) is 5.10 Å². The van der Waals surface area contributed by atoms with Gasteiger partial charge in [0.15, 0.2) is 5.82 Å². The third kappa shape index (κ3) is 3.20. The average molecular weight is 376 g/mol. The predicted molar refractivity (Wildman–Crippen MR) is 108 cm³/mol. The highest BCUT2D eigenvalue weighted by Gasteiger charge is 2.09. The van der Waals surface area contributed by atoms with Crippen LogP contribution in [0.1, 0.15) is 5.56 Å². The Hall–Kier alpha value is -3.45. The van der Waals surface area contributed by atoms with E-state index in [-0.39, 0.29) is 5.75 Å². The lowest BCUT2D eigenvalue weighted by Gasteiger charge is -2.06. The first-order valence-corrected chi connectivity index (χ1v) is 8.65. The van der Waals surface area contributed by atoms with E-state index >= 15 is 0 Å². The second kappa shape index (κ2) is 7.05. The molecule has 0 saturated heterocycles. The Kier molecular flexibility index (Phi) is 4.43. The standard InChI is InChI=1S/C20H16N4O2S/c1-26-15-9-6-14(7-10-15)19-22-23-20(27)24(19)21-12-17-16-5-3-2-4-13(16)8-11-18(17)25/h2-12,25H,1H3,(H,23,27)/b21-12+. The number of ether oxygens (including phenoxy) is 1. The number of methoxy groups -OCH3 is 1. The molecule has 0 spiro atoms. The van der Waals surface area contributed by atoms with Crippen molar-refractivity contribution in [1.29, 1.82) is 0 Å². The molecule has 0 bridgehead atoms. The summed E-state index contributed by atoms with van der Waals surface area (Å²) >= 11 is 5.31. The maximum absolute atomic E-state index is 10.3. The van der Waals surface area contributed by atoms with Crippen molar-refractivity contribution in [1.82, 2.24) is 14.9 Å². The highest BCUT2D eigenvalue weighted by atomic mass is 32.1. The van der Waals surface area contributed by atoms with Crippen molar-refractivity contribution >= 4 is 29.2 Å². The molecule has 0 fully saturated rings. The summed E-state index contributed by atoms with van der Waals surface area (Å²) in [6.45, 7) is 0. The van der Waals surface area contributed by atoms with Gasteiger partial charge in [-0.2, -0.15) is 14.9 Å². The first-order chi connectivity index (χ1) is 13.2. The smallest absolute Gasteiger partial charge is 0.216 e. The van der Waals surface area contributed by atoms with Crippen LogP contribution in [0.4, 0.5) is 0 Å². The van der Waals surface area contributed by atoms with E-state index in [1.165, 1.54) is 4.68 Å². The molecule has 7 heteroatoms. The van der Waals surface area contributed by atoms with Crippen molar-refractivity contribution in [3.8, 4) is 22.9 Å². The van der Waals surface area contributed by atoms with Crippen LogP contribution in [0.15, 0.2) is 65.8 Å². The summed E-state index contributed by atoms with van der Waals surface area (Å²) in [6.07, 6.45) is 1.59. The lowest BCUT2D eigenvalue weighted by molar-refractivity contribution is 0.415. The molecule has 0 unspecified atom stereocenters. The largest absolute Gasteiger partial charge is 0.507 e. The van der Waals surface area contributed by atoms with Gasteiger partial charge in [-0.1, -0.05) is 30.3 Å². The number of nitrogens with zero attached hydrogens (tertiary/aromatic N) is 3. The number of H-pyrrole nitrogens is 1. The molecular weight excluding hydrogens is 360 g/mol. The molecule has 4 rings (SSSR count). The Labute approximate surface area is 160 Å². The molecule has 0 aliphatic heterocycles. The van der Waals surface area contributed by atoms with Gasteiger partial charge in [0.25, 0.3) is 0 Å². The molecule has 1 heterocycles. The van der Waals surface area contributed by atoms with Crippen LogP contribution in [0.2, 0.25) is 0 Å². The summed E-state index contributed by atoms with van der Waals surface area (Å²) in [7, 11) is 1.62. The van der Waals surface area contributed by atoms with Gasteiger partial charge in [0.05, 0.1) is 13.3 Å². The Balaban J connectivity index is 1.79. The molecule has 0 aliphatic rings. The molecule has 134 valence electrons. The van der Waals surface area contributed by atoms with Crippen LogP contribution < -0.4 is 4.74 Å². The van der Waals surface area contributed by atoms with E-state index in [0.717, 1.165) is 22.1 Å². The highest BCUT2D eigenvalue weighted by molar-refractivity contribution is 7.71. The third-order valence-corrected chi connectivity index (χ3v) is 4.51. The van der Waals surface area contributed by atoms with Gasteiger partial charge < -0.3 is 9.84 Å². The maximum Gasteiger partial charge on any atom is 0.216 e. The fourth-order valence-corrected chi connectivity index (χ4v) is 3.04. The van der Waals surface area contributed by atoms with Crippen LogP contribution in [-0.4, -0.2) is 33.3 Å². The van der Waals surface area contributed by atoms with Gasteiger partial charge >= 0.3 is 0 Å². The molecule has 2 N–H and O–H groups in total. The van der Waals surface area contributed by atoms with E-state index < -0.39 is 0 Å². The predicted octanol–water partition coefficient (Wildman–Crippen LogP) is 4.36. The molecule has 0 amide bonds. The second-order valence-electron chi connectivity index (χ2n) is 5.86. The summed E-state index contributed by atoms with van der Waals surface area (Å²) in [5.41, 5.74) is 1.46. The van der Waals surface area contributed by atoms with Gasteiger partial charge in [0.2, 0.25) is 4.77 Å². The topological polar surface area (TPSA) is 75.4 Å². The van der Waals surface area contributed by atoms with Crippen LogP contribution in [-0.2, 0) is 0 Å². The van der Waals surface area contributed by atoms with Crippen LogP contribution in [0, 0.1) is 4.77 Å². The Morgan fingerprint density at radius 3 is 2.67 bits per heavy atom. The monoisotopic (exact) mass is 376 g/mol. The zero-order valence-electron chi connectivity index (χ0n) is 14.5. The lowest BCUT2D eigenvalue weighted by Crippen LogP contribution is -1.96. The van der Waals surface area contributed by atoms with E-state index in [9.17, 15) is 5.11 Å². The van der Waals surface area contributed by atoms with Gasteiger partial charge in [-0.3, -0.25) is 0 Å². The van der Waals surface area contributed by atoms with Crippen LogP contribution in [0.25, 0.3) is 22.2 Å². The Morgan fingerprint density at radius 2 is 1.89 bits per heavy atom. The maximum atomic E-state index is 10.3. The van der Waals surface area contributed by atoms with Crippen LogP contribution >= 0.6 is 12.2 Å². The number of nitrogens with one attached hydrogen (secondary N) is 1. The van der Waals surface area contributed by atoms with Crippen molar-refractivity contribution < 1.29 is 9.84 Å². The first-order valence-electron chi connectivity index (χ1n) is 8.24. The number of phenols is 1. The molecule has 0 saturated carbocycles. The average Bonchev–Trinajstić information content (AvgIpc) is 3.08. The first kappa shape index (κ1) is 17.0. The van der Waals surface area contributed by atoms with Crippen molar-refractivity contribution in [3.63, 3.8) is 0 Å². The quantitative estimate of drug-likeness (QED) is 0.410. The molecule has 1 aromatic heterocycles.